The van der Waals surface area contributed by atoms with E-state index in [0.717, 1.165) is 50.6 Å². The topological polar surface area (TPSA) is 37.2 Å². The fraction of sp³-hybridized carbons (Fsp3) is 0.400. The molecule has 1 aliphatic heterocycles. The van der Waals surface area contributed by atoms with Crippen molar-refractivity contribution in [3.05, 3.63) is 60.2 Å². The van der Waals surface area contributed by atoms with Crippen LogP contribution < -0.4 is 0 Å². The van der Waals surface area contributed by atoms with Crippen molar-refractivity contribution < 1.29 is 0 Å². The van der Waals surface area contributed by atoms with Gasteiger partial charge in [0.2, 0.25) is 0 Å². The Hall–Kier alpha value is -2.24. The van der Waals surface area contributed by atoms with Crippen molar-refractivity contribution in [1.29, 1.82) is 0 Å². The lowest BCUT2D eigenvalue weighted by atomic mass is 10.2. The Kier molecular flexibility index (Phi) is 4.76. The number of aromatic nitrogens is 3. The SMILES string of the molecule is Cn1c(CN2CCCN(Cc3cccnc3)CC2)nc2ccccc21. The molecule has 0 radical (unpaired) electrons. The Morgan fingerprint density at radius 1 is 0.920 bits per heavy atom. The van der Waals surface area contributed by atoms with Crippen LogP contribution >= 0.6 is 0 Å². The van der Waals surface area contributed by atoms with Crippen LogP contribution in [0.5, 0.6) is 0 Å². The minimum atomic E-state index is 0.923. The van der Waals surface area contributed by atoms with Gasteiger partial charge in [-0.3, -0.25) is 14.8 Å². The molecule has 0 bridgehead atoms. The molecule has 2 aromatic heterocycles. The summed E-state index contributed by atoms with van der Waals surface area (Å²) in [5, 5.41) is 0. The summed E-state index contributed by atoms with van der Waals surface area (Å²) in [6, 6.07) is 12.6. The molecular formula is C20H25N5. The van der Waals surface area contributed by atoms with Crippen molar-refractivity contribution in [1.82, 2.24) is 24.3 Å². The molecule has 0 aliphatic carbocycles. The van der Waals surface area contributed by atoms with Gasteiger partial charge in [-0.1, -0.05) is 18.2 Å². The number of fused-ring (bicyclic) bond motifs is 1. The first kappa shape index (κ1) is 16.2. The highest BCUT2D eigenvalue weighted by Gasteiger charge is 2.17. The van der Waals surface area contributed by atoms with Crippen LogP contribution in [0.2, 0.25) is 0 Å². The monoisotopic (exact) mass is 335 g/mol. The molecule has 1 fully saturated rings. The van der Waals surface area contributed by atoms with Gasteiger partial charge in [-0.25, -0.2) is 4.98 Å². The van der Waals surface area contributed by atoms with Crippen molar-refractivity contribution in [3.63, 3.8) is 0 Å². The van der Waals surface area contributed by atoms with E-state index in [1.54, 1.807) is 0 Å². The summed E-state index contributed by atoms with van der Waals surface area (Å²) < 4.78 is 2.23. The van der Waals surface area contributed by atoms with E-state index in [1.165, 1.54) is 17.5 Å². The van der Waals surface area contributed by atoms with Gasteiger partial charge >= 0.3 is 0 Å². The molecule has 130 valence electrons. The van der Waals surface area contributed by atoms with Crippen LogP contribution in [-0.4, -0.2) is 50.5 Å². The third-order valence-corrected chi connectivity index (χ3v) is 5.05. The fourth-order valence-electron chi connectivity index (χ4n) is 3.63. The van der Waals surface area contributed by atoms with Crippen LogP contribution in [0.25, 0.3) is 11.0 Å². The van der Waals surface area contributed by atoms with Crippen molar-refractivity contribution >= 4 is 11.0 Å². The molecule has 1 aliphatic rings. The predicted molar refractivity (Wildman–Crippen MR) is 100 cm³/mol. The smallest absolute Gasteiger partial charge is 0.123 e. The molecule has 1 saturated heterocycles. The number of benzene rings is 1. The number of pyridine rings is 1. The Bertz CT molecular complexity index is 826. The number of rotatable bonds is 4. The maximum Gasteiger partial charge on any atom is 0.123 e. The molecule has 1 aromatic carbocycles. The first-order valence-electron chi connectivity index (χ1n) is 9.03. The van der Waals surface area contributed by atoms with Gasteiger partial charge in [-0.2, -0.15) is 0 Å². The largest absolute Gasteiger partial charge is 0.330 e. The molecule has 3 aromatic rings. The predicted octanol–water partition coefficient (Wildman–Crippen LogP) is 2.68. The maximum atomic E-state index is 4.82. The summed E-state index contributed by atoms with van der Waals surface area (Å²) in [4.78, 5) is 14.1. The van der Waals surface area contributed by atoms with E-state index in [1.807, 2.05) is 18.5 Å². The van der Waals surface area contributed by atoms with Crippen molar-refractivity contribution in [3.8, 4) is 0 Å². The Labute approximate surface area is 148 Å². The average molecular weight is 335 g/mol. The van der Waals surface area contributed by atoms with Gasteiger partial charge in [0.1, 0.15) is 5.82 Å². The summed E-state index contributed by atoms with van der Waals surface area (Å²) in [7, 11) is 2.12. The Morgan fingerprint density at radius 3 is 2.48 bits per heavy atom. The molecule has 3 heterocycles. The van der Waals surface area contributed by atoms with E-state index in [4.69, 9.17) is 4.98 Å². The second kappa shape index (κ2) is 7.33. The third kappa shape index (κ3) is 3.72. The van der Waals surface area contributed by atoms with Gasteiger partial charge in [0.15, 0.2) is 0 Å². The number of para-hydroxylation sites is 2. The van der Waals surface area contributed by atoms with E-state index in [2.05, 4.69) is 56.7 Å². The highest BCUT2D eigenvalue weighted by molar-refractivity contribution is 5.75. The summed E-state index contributed by atoms with van der Waals surface area (Å²) >= 11 is 0. The van der Waals surface area contributed by atoms with Crippen molar-refractivity contribution in [2.24, 2.45) is 7.05 Å². The zero-order valence-corrected chi connectivity index (χ0v) is 14.8. The van der Waals surface area contributed by atoms with E-state index < -0.39 is 0 Å². The van der Waals surface area contributed by atoms with E-state index in [0.29, 0.717) is 0 Å². The summed E-state index contributed by atoms with van der Waals surface area (Å²) in [5.74, 6) is 1.15. The molecule has 0 spiro atoms. The van der Waals surface area contributed by atoms with Crippen LogP contribution in [0.15, 0.2) is 48.8 Å². The van der Waals surface area contributed by atoms with Gasteiger partial charge in [-0.05, 0) is 43.3 Å². The lowest BCUT2D eigenvalue weighted by molar-refractivity contribution is 0.242. The van der Waals surface area contributed by atoms with Gasteiger partial charge in [0.25, 0.3) is 0 Å². The van der Waals surface area contributed by atoms with E-state index in [-0.39, 0.29) is 0 Å². The molecule has 0 amide bonds. The number of imidazole rings is 1. The number of nitrogens with zero attached hydrogens (tertiary/aromatic N) is 5. The molecule has 0 saturated carbocycles. The first-order valence-corrected chi connectivity index (χ1v) is 9.03. The lowest BCUT2D eigenvalue weighted by Crippen LogP contribution is -2.31. The molecule has 0 unspecified atom stereocenters. The molecule has 25 heavy (non-hydrogen) atoms. The third-order valence-electron chi connectivity index (χ3n) is 5.05. The Balaban J connectivity index is 1.40. The Morgan fingerprint density at radius 2 is 1.72 bits per heavy atom. The number of aryl methyl sites for hydroxylation is 1. The zero-order chi connectivity index (χ0) is 17.1. The van der Waals surface area contributed by atoms with Crippen molar-refractivity contribution in [2.75, 3.05) is 26.2 Å². The van der Waals surface area contributed by atoms with Gasteiger partial charge in [-0.15, -0.1) is 0 Å². The molecule has 0 atom stereocenters. The molecule has 5 nitrogen and oxygen atoms in total. The highest BCUT2D eigenvalue weighted by Crippen LogP contribution is 2.16. The van der Waals surface area contributed by atoms with Gasteiger partial charge in [0.05, 0.1) is 17.6 Å². The van der Waals surface area contributed by atoms with Crippen molar-refractivity contribution in [2.45, 2.75) is 19.5 Å². The normalized spacial score (nSPS) is 17.0. The minimum Gasteiger partial charge on any atom is -0.330 e. The zero-order valence-electron chi connectivity index (χ0n) is 14.8. The van der Waals surface area contributed by atoms with Gasteiger partial charge < -0.3 is 4.57 Å². The fourth-order valence-corrected chi connectivity index (χ4v) is 3.63. The van der Waals surface area contributed by atoms with Crippen LogP contribution in [0, 0.1) is 0 Å². The van der Waals surface area contributed by atoms with Crippen LogP contribution in [-0.2, 0) is 20.1 Å². The second-order valence-corrected chi connectivity index (χ2v) is 6.84. The average Bonchev–Trinajstić information content (AvgIpc) is 2.80. The van der Waals surface area contributed by atoms with E-state index in [9.17, 15) is 0 Å². The summed E-state index contributed by atoms with van der Waals surface area (Å²) in [5.41, 5.74) is 3.60. The standard InChI is InChI=1S/C20H25N5/c1-23-19-8-3-2-7-18(19)22-20(23)16-25-11-5-10-24(12-13-25)15-17-6-4-9-21-14-17/h2-4,6-9,14H,5,10-13,15-16H2,1H3. The van der Waals surface area contributed by atoms with Crippen LogP contribution in [0.4, 0.5) is 0 Å². The number of hydrogen-bond donors (Lipinski definition) is 0. The second-order valence-electron chi connectivity index (χ2n) is 6.84. The summed E-state index contributed by atoms with van der Waals surface area (Å²) in [6.45, 7) is 6.38. The quantitative estimate of drug-likeness (QED) is 0.735. The van der Waals surface area contributed by atoms with Gasteiger partial charge in [0, 0.05) is 39.1 Å². The molecule has 5 heteroatoms. The number of hydrogen-bond acceptors (Lipinski definition) is 4. The van der Waals surface area contributed by atoms with Crippen LogP contribution in [0.3, 0.4) is 0 Å². The molecule has 4 rings (SSSR count). The molecular weight excluding hydrogens is 310 g/mol. The van der Waals surface area contributed by atoms with E-state index >= 15 is 0 Å². The van der Waals surface area contributed by atoms with Crippen LogP contribution in [0.1, 0.15) is 17.8 Å². The minimum absolute atomic E-state index is 0.923. The maximum absolute atomic E-state index is 4.82. The summed E-state index contributed by atoms with van der Waals surface area (Å²) in [6.07, 6.45) is 5.01. The molecule has 0 N–H and O–H groups in total. The lowest BCUT2D eigenvalue weighted by Gasteiger charge is -2.21. The highest BCUT2D eigenvalue weighted by atomic mass is 15.2. The first-order chi connectivity index (χ1) is 12.3.